The van der Waals surface area contributed by atoms with Crippen molar-refractivity contribution in [2.75, 3.05) is 25.6 Å². The molecule has 0 spiro atoms. The zero-order chi connectivity index (χ0) is 19.9. The summed E-state index contributed by atoms with van der Waals surface area (Å²) < 4.78 is 6.80. The summed E-state index contributed by atoms with van der Waals surface area (Å²) in [5, 5.41) is 16.3. The van der Waals surface area contributed by atoms with Gasteiger partial charge >= 0.3 is 0 Å². The lowest BCUT2D eigenvalue weighted by atomic mass is 10.1. The number of nitrogens with zero attached hydrogens (tertiary/aromatic N) is 3. The van der Waals surface area contributed by atoms with Crippen molar-refractivity contribution >= 4 is 17.5 Å². The fourth-order valence-corrected chi connectivity index (χ4v) is 3.48. The van der Waals surface area contributed by atoms with Crippen molar-refractivity contribution < 1.29 is 19.4 Å². The Kier molecular flexibility index (Phi) is 6.65. The van der Waals surface area contributed by atoms with Crippen LogP contribution in [0.4, 0.5) is 5.69 Å². The third-order valence-corrected chi connectivity index (χ3v) is 4.94. The third-order valence-electron chi connectivity index (χ3n) is 4.94. The van der Waals surface area contributed by atoms with Crippen LogP contribution >= 0.6 is 0 Å². The smallest absolute Gasteiger partial charge is 0.244 e. The van der Waals surface area contributed by atoms with E-state index in [0.29, 0.717) is 25.1 Å². The highest BCUT2D eigenvalue weighted by Gasteiger charge is 2.28. The molecule has 2 N–H and O–H groups in total. The number of benzene rings is 1. The first-order valence-corrected chi connectivity index (χ1v) is 9.45. The summed E-state index contributed by atoms with van der Waals surface area (Å²) in [6.07, 6.45) is 5.79. The highest BCUT2D eigenvalue weighted by atomic mass is 16.5. The summed E-state index contributed by atoms with van der Waals surface area (Å²) in [5.41, 5.74) is 1.53. The highest BCUT2D eigenvalue weighted by molar-refractivity contribution is 5.90. The van der Waals surface area contributed by atoms with E-state index in [0.717, 1.165) is 24.2 Å². The Morgan fingerprint density at radius 3 is 2.96 bits per heavy atom. The summed E-state index contributed by atoms with van der Waals surface area (Å²) in [4.78, 5) is 26.3. The Morgan fingerprint density at radius 1 is 1.36 bits per heavy atom. The van der Waals surface area contributed by atoms with Crippen molar-refractivity contribution in [2.24, 2.45) is 0 Å². The van der Waals surface area contributed by atoms with E-state index in [1.807, 2.05) is 24.3 Å². The average Bonchev–Trinajstić information content (AvgIpc) is 3.35. The molecule has 1 aliphatic heterocycles. The van der Waals surface area contributed by atoms with Gasteiger partial charge in [0.2, 0.25) is 11.8 Å². The van der Waals surface area contributed by atoms with E-state index >= 15 is 0 Å². The number of amides is 2. The summed E-state index contributed by atoms with van der Waals surface area (Å²) in [6, 6.07) is 7.52. The van der Waals surface area contributed by atoms with Gasteiger partial charge in [0.1, 0.15) is 12.3 Å². The van der Waals surface area contributed by atoms with Gasteiger partial charge < -0.3 is 20.1 Å². The fraction of sp³-hybridized carbons (Fsp3) is 0.450. The normalized spacial score (nSPS) is 16.2. The van der Waals surface area contributed by atoms with E-state index in [-0.39, 0.29) is 31.0 Å². The summed E-state index contributed by atoms with van der Waals surface area (Å²) in [6.45, 7) is 0.740. The number of carbonyl (C=O) groups excluding carboxylic acids is 2. The number of aliphatic hydroxyl groups is 1. The van der Waals surface area contributed by atoms with Crippen LogP contribution in [0.15, 0.2) is 36.7 Å². The molecule has 3 rings (SSSR count). The summed E-state index contributed by atoms with van der Waals surface area (Å²) in [7, 11) is 1.61. The minimum absolute atomic E-state index is 0.0155. The molecule has 2 heterocycles. The number of methoxy groups -OCH3 is 1. The molecule has 2 amide bonds. The van der Waals surface area contributed by atoms with Crippen molar-refractivity contribution in [1.82, 2.24) is 14.7 Å². The standard InChI is InChI=1S/C20H26N4O4/c1-28-18-7-3-2-5-15(18)8-9-19(26)22-16-11-21-23(12-16)13-20(27)24-10-4-6-17(24)14-25/h2-3,5,7,11-12,17,25H,4,6,8-10,13-14H2,1H3,(H,22,26)/t17-/m0/s1. The quantitative estimate of drug-likeness (QED) is 0.716. The molecule has 0 radical (unpaired) electrons. The monoisotopic (exact) mass is 386 g/mol. The van der Waals surface area contributed by atoms with Gasteiger partial charge in [0.15, 0.2) is 0 Å². The van der Waals surface area contributed by atoms with Crippen LogP contribution < -0.4 is 10.1 Å². The molecule has 8 nitrogen and oxygen atoms in total. The maximum Gasteiger partial charge on any atom is 0.244 e. The predicted octanol–water partition coefficient (Wildman–Crippen LogP) is 1.45. The Hall–Kier alpha value is -2.87. The van der Waals surface area contributed by atoms with Gasteiger partial charge in [-0.15, -0.1) is 0 Å². The zero-order valence-electron chi connectivity index (χ0n) is 16.0. The van der Waals surface area contributed by atoms with Crippen LogP contribution in [0.1, 0.15) is 24.8 Å². The topological polar surface area (TPSA) is 96.7 Å². The number of hydrogen-bond donors (Lipinski definition) is 2. The lowest BCUT2D eigenvalue weighted by Gasteiger charge is -2.22. The van der Waals surface area contributed by atoms with Crippen molar-refractivity contribution in [1.29, 1.82) is 0 Å². The van der Waals surface area contributed by atoms with Crippen molar-refractivity contribution in [3.8, 4) is 5.75 Å². The molecule has 1 atom stereocenters. The molecule has 0 unspecified atom stereocenters. The number of likely N-dealkylation sites (tertiary alicyclic amines) is 1. The third kappa shape index (κ3) is 4.89. The first-order chi connectivity index (χ1) is 13.6. The van der Waals surface area contributed by atoms with E-state index in [1.54, 1.807) is 18.2 Å². The lowest BCUT2D eigenvalue weighted by Crippen LogP contribution is -2.39. The second-order valence-electron chi connectivity index (χ2n) is 6.85. The molecule has 2 aromatic rings. The van der Waals surface area contributed by atoms with Gasteiger partial charge in [0, 0.05) is 19.2 Å². The molecule has 0 bridgehead atoms. The van der Waals surface area contributed by atoms with E-state index in [1.165, 1.54) is 10.9 Å². The number of anilines is 1. The Bertz CT molecular complexity index is 820. The zero-order valence-corrected chi connectivity index (χ0v) is 16.0. The number of carbonyl (C=O) groups is 2. The molecule has 8 heteroatoms. The van der Waals surface area contributed by atoms with Gasteiger partial charge in [0.25, 0.3) is 0 Å². The van der Waals surface area contributed by atoms with Crippen LogP contribution in [0.25, 0.3) is 0 Å². The Balaban J connectivity index is 1.50. The summed E-state index contributed by atoms with van der Waals surface area (Å²) >= 11 is 0. The van der Waals surface area contributed by atoms with Crippen LogP contribution in [-0.2, 0) is 22.6 Å². The van der Waals surface area contributed by atoms with E-state index in [9.17, 15) is 14.7 Å². The van der Waals surface area contributed by atoms with E-state index in [4.69, 9.17) is 4.74 Å². The molecule has 0 saturated carbocycles. The molecular weight excluding hydrogens is 360 g/mol. The number of aromatic nitrogens is 2. The van der Waals surface area contributed by atoms with Gasteiger partial charge in [-0.1, -0.05) is 18.2 Å². The number of aliphatic hydroxyl groups excluding tert-OH is 1. The number of nitrogens with one attached hydrogen (secondary N) is 1. The molecule has 28 heavy (non-hydrogen) atoms. The fourth-order valence-electron chi connectivity index (χ4n) is 3.48. The predicted molar refractivity (Wildman–Crippen MR) is 104 cm³/mol. The molecular formula is C20H26N4O4. The van der Waals surface area contributed by atoms with Crippen LogP contribution in [0.2, 0.25) is 0 Å². The van der Waals surface area contributed by atoms with Gasteiger partial charge in [-0.2, -0.15) is 5.10 Å². The molecule has 1 aromatic heterocycles. The number of rotatable bonds is 8. The van der Waals surface area contributed by atoms with Crippen molar-refractivity contribution in [3.63, 3.8) is 0 Å². The first-order valence-electron chi connectivity index (χ1n) is 9.45. The number of aryl methyl sites for hydroxylation is 1. The van der Waals surface area contributed by atoms with Gasteiger partial charge in [0.05, 0.1) is 31.6 Å². The van der Waals surface area contributed by atoms with E-state index in [2.05, 4.69) is 10.4 Å². The first kappa shape index (κ1) is 19.9. The van der Waals surface area contributed by atoms with Gasteiger partial charge in [-0.05, 0) is 30.9 Å². The van der Waals surface area contributed by atoms with Crippen LogP contribution in [0, 0.1) is 0 Å². The van der Waals surface area contributed by atoms with Gasteiger partial charge in [-0.25, -0.2) is 0 Å². The molecule has 1 aromatic carbocycles. The summed E-state index contributed by atoms with van der Waals surface area (Å²) in [5.74, 6) is 0.565. The molecule has 150 valence electrons. The Labute approximate surface area is 164 Å². The second kappa shape index (κ2) is 9.36. The molecule has 1 aliphatic rings. The lowest BCUT2D eigenvalue weighted by molar-refractivity contribution is -0.133. The minimum atomic E-state index is -0.128. The van der Waals surface area contributed by atoms with Crippen molar-refractivity contribution in [3.05, 3.63) is 42.2 Å². The van der Waals surface area contributed by atoms with Gasteiger partial charge in [-0.3, -0.25) is 14.3 Å². The average molecular weight is 386 g/mol. The van der Waals surface area contributed by atoms with Crippen LogP contribution in [0.3, 0.4) is 0 Å². The number of hydrogen-bond acceptors (Lipinski definition) is 5. The van der Waals surface area contributed by atoms with Crippen LogP contribution in [-0.4, -0.2) is 57.9 Å². The number of ether oxygens (including phenoxy) is 1. The maximum absolute atomic E-state index is 12.4. The molecule has 0 aliphatic carbocycles. The molecule has 1 saturated heterocycles. The van der Waals surface area contributed by atoms with E-state index < -0.39 is 0 Å². The maximum atomic E-state index is 12.4. The van der Waals surface area contributed by atoms with Crippen molar-refractivity contribution in [2.45, 2.75) is 38.3 Å². The minimum Gasteiger partial charge on any atom is -0.496 e. The molecule has 1 fully saturated rings. The SMILES string of the molecule is COc1ccccc1CCC(=O)Nc1cnn(CC(=O)N2CCC[C@H]2CO)c1. The largest absolute Gasteiger partial charge is 0.496 e. The number of para-hydroxylation sites is 1. The highest BCUT2D eigenvalue weighted by Crippen LogP contribution is 2.19. The second-order valence-corrected chi connectivity index (χ2v) is 6.85. The Morgan fingerprint density at radius 2 is 2.18 bits per heavy atom. The van der Waals surface area contributed by atoms with Crippen LogP contribution in [0.5, 0.6) is 5.75 Å².